The molecule has 0 radical (unpaired) electrons. The molecule has 1 aromatic carbocycles. The van der Waals surface area contributed by atoms with Crippen LogP contribution in [0, 0.1) is 12.3 Å². The number of benzene rings is 1. The summed E-state index contributed by atoms with van der Waals surface area (Å²) < 4.78 is 27.7. The van der Waals surface area contributed by atoms with E-state index in [9.17, 15) is 13.2 Å². The second kappa shape index (κ2) is 7.53. The Morgan fingerprint density at radius 3 is 2.44 bits per heavy atom. The average Bonchev–Trinajstić information content (AvgIpc) is 2.64. The molecule has 2 aliphatic heterocycles. The Morgan fingerprint density at radius 1 is 1.15 bits per heavy atom. The molecule has 0 bridgehead atoms. The summed E-state index contributed by atoms with van der Waals surface area (Å²) in [5, 5.41) is 0. The highest BCUT2D eigenvalue weighted by Gasteiger charge is 2.36. The first-order valence-corrected chi connectivity index (χ1v) is 11.2. The second-order valence-electron chi connectivity index (χ2n) is 8.56. The highest BCUT2D eigenvalue weighted by Crippen LogP contribution is 2.30. The van der Waals surface area contributed by atoms with E-state index in [4.69, 9.17) is 5.73 Å². The van der Waals surface area contributed by atoms with Gasteiger partial charge in [-0.1, -0.05) is 26.3 Å². The Labute approximate surface area is 162 Å². The molecular weight excluding hydrogens is 362 g/mol. The third-order valence-corrected chi connectivity index (χ3v) is 8.01. The quantitative estimate of drug-likeness (QED) is 0.854. The van der Waals surface area contributed by atoms with Gasteiger partial charge in [0.05, 0.1) is 4.90 Å². The molecule has 2 heterocycles. The number of nitrogens with two attached hydrogens (primary N) is 1. The van der Waals surface area contributed by atoms with Gasteiger partial charge >= 0.3 is 0 Å². The van der Waals surface area contributed by atoms with Crippen molar-refractivity contribution in [3.63, 3.8) is 0 Å². The Balaban J connectivity index is 1.88. The summed E-state index contributed by atoms with van der Waals surface area (Å²) in [7, 11) is -3.57. The van der Waals surface area contributed by atoms with Crippen LogP contribution in [0.15, 0.2) is 23.1 Å². The third-order valence-electron chi connectivity index (χ3n) is 5.97. The first kappa shape index (κ1) is 20.3. The Hall–Kier alpha value is -1.44. The van der Waals surface area contributed by atoms with E-state index in [0.29, 0.717) is 37.3 Å². The van der Waals surface area contributed by atoms with Crippen molar-refractivity contribution in [1.29, 1.82) is 0 Å². The summed E-state index contributed by atoms with van der Waals surface area (Å²) in [4.78, 5) is 15.1. The number of piperidine rings is 2. The fraction of sp³-hybridized carbons (Fsp3) is 0.650. The summed E-state index contributed by atoms with van der Waals surface area (Å²) in [6.45, 7) is 8.21. The molecule has 2 N–H and O–H groups in total. The van der Waals surface area contributed by atoms with Crippen LogP contribution in [0.2, 0.25) is 0 Å². The van der Waals surface area contributed by atoms with Crippen molar-refractivity contribution >= 4 is 15.9 Å². The van der Waals surface area contributed by atoms with E-state index in [2.05, 4.69) is 13.8 Å². The molecule has 0 aliphatic carbocycles. The Kier molecular flexibility index (Phi) is 5.66. The highest BCUT2D eigenvalue weighted by molar-refractivity contribution is 7.89. The molecule has 1 amide bonds. The van der Waals surface area contributed by atoms with E-state index in [1.807, 2.05) is 0 Å². The van der Waals surface area contributed by atoms with Crippen LogP contribution < -0.4 is 5.73 Å². The van der Waals surface area contributed by atoms with E-state index >= 15 is 0 Å². The zero-order valence-corrected chi connectivity index (χ0v) is 17.4. The van der Waals surface area contributed by atoms with Crippen LogP contribution in [0.4, 0.5) is 0 Å². The predicted octanol–water partition coefficient (Wildman–Crippen LogP) is 2.37. The van der Waals surface area contributed by atoms with Crippen molar-refractivity contribution in [2.75, 3.05) is 26.2 Å². The first-order chi connectivity index (χ1) is 12.6. The summed E-state index contributed by atoms with van der Waals surface area (Å²) >= 11 is 0. The monoisotopic (exact) mass is 393 g/mol. The topological polar surface area (TPSA) is 83.7 Å². The zero-order chi connectivity index (χ0) is 19.8. The third kappa shape index (κ3) is 4.05. The van der Waals surface area contributed by atoms with Gasteiger partial charge in [0.25, 0.3) is 5.91 Å². The minimum Gasteiger partial charge on any atom is -0.338 e. The first-order valence-electron chi connectivity index (χ1n) is 9.78. The number of amides is 1. The van der Waals surface area contributed by atoms with Crippen LogP contribution in [0.1, 0.15) is 55.5 Å². The molecule has 3 rings (SSSR count). The second-order valence-corrected chi connectivity index (χ2v) is 10.5. The van der Waals surface area contributed by atoms with Crippen molar-refractivity contribution in [2.45, 2.75) is 57.4 Å². The van der Waals surface area contributed by atoms with Crippen LogP contribution >= 0.6 is 0 Å². The molecular formula is C20H31N3O3S. The highest BCUT2D eigenvalue weighted by atomic mass is 32.2. The van der Waals surface area contributed by atoms with Crippen molar-refractivity contribution in [1.82, 2.24) is 9.21 Å². The maximum Gasteiger partial charge on any atom is 0.253 e. The summed E-state index contributed by atoms with van der Waals surface area (Å²) in [6, 6.07) is 5.09. The van der Waals surface area contributed by atoms with Gasteiger partial charge in [0.2, 0.25) is 10.0 Å². The molecule has 0 saturated carbocycles. The largest absolute Gasteiger partial charge is 0.338 e. The molecule has 7 heteroatoms. The number of aryl methyl sites for hydroxylation is 1. The standard InChI is InChI=1S/C20H31N3O3S/c1-15-7-8-16(19(24)22-12-9-18(21)20(2,3)14-22)13-17(15)27(25,26)23-10-5-4-6-11-23/h7-8,13,18H,4-6,9-12,14,21H2,1-3H3. The number of sulfonamides is 1. The van der Waals surface area contributed by atoms with Gasteiger partial charge in [0.15, 0.2) is 0 Å². The van der Waals surface area contributed by atoms with Crippen LogP contribution in [-0.2, 0) is 10.0 Å². The van der Waals surface area contributed by atoms with Crippen molar-refractivity contribution in [3.05, 3.63) is 29.3 Å². The Morgan fingerprint density at radius 2 is 1.81 bits per heavy atom. The number of carbonyl (C=O) groups excluding carboxylic acids is 1. The summed E-state index contributed by atoms with van der Waals surface area (Å²) in [5.74, 6) is -0.120. The molecule has 1 atom stereocenters. The lowest BCUT2D eigenvalue weighted by molar-refractivity contribution is 0.0532. The van der Waals surface area contributed by atoms with Crippen LogP contribution in [0.3, 0.4) is 0 Å². The molecule has 2 fully saturated rings. The lowest BCUT2D eigenvalue weighted by Crippen LogP contribution is -2.54. The lowest BCUT2D eigenvalue weighted by atomic mass is 9.79. The number of likely N-dealkylation sites (tertiary alicyclic amines) is 1. The van der Waals surface area contributed by atoms with Crippen molar-refractivity contribution in [2.24, 2.45) is 11.1 Å². The van der Waals surface area contributed by atoms with Gasteiger partial charge in [-0.15, -0.1) is 0 Å². The predicted molar refractivity (Wildman–Crippen MR) is 106 cm³/mol. The van der Waals surface area contributed by atoms with Crippen LogP contribution in [-0.4, -0.2) is 55.8 Å². The van der Waals surface area contributed by atoms with E-state index < -0.39 is 10.0 Å². The van der Waals surface area contributed by atoms with Gasteiger partial charge in [-0.05, 0) is 49.3 Å². The molecule has 27 heavy (non-hydrogen) atoms. The summed E-state index contributed by atoms with van der Waals surface area (Å²) in [5.41, 5.74) is 7.13. The number of nitrogens with zero attached hydrogens (tertiary/aromatic N) is 2. The molecule has 6 nitrogen and oxygen atoms in total. The van der Waals surface area contributed by atoms with Crippen molar-refractivity contribution < 1.29 is 13.2 Å². The van der Waals surface area contributed by atoms with Gasteiger partial charge in [-0.3, -0.25) is 4.79 Å². The molecule has 2 saturated heterocycles. The van der Waals surface area contributed by atoms with Gasteiger partial charge in [0, 0.05) is 37.8 Å². The molecule has 0 spiro atoms. The van der Waals surface area contributed by atoms with E-state index in [1.165, 1.54) is 0 Å². The fourth-order valence-electron chi connectivity index (χ4n) is 3.99. The number of carbonyl (C=O) groups is 1. The normalized spacial score (nSPS) is 24.0. The molecule has 0 aromatic heterocycles. The maximum atomic E-state index is 13.1. The fourth-order valence-corrected chi connectivity index (χ4v) is 5.75. The summed E-state index contributed by atoms with van der Waals surface area (Å²) in [6.07, 6.45) is 3.60. The number of hydrogen-bond acceptors (Lipinski definition) is 4. The van der Waals surface area contributed by atoms with E-state index in [-0.39, 0.29) is 22.3 Å². The molecule has 1 aromatic rings. The van der Waals surface area contributed by atoms with E-state index in [0.717, 1.165) is 25.7 Å². The lowest BCUT2D eigenvalue weighted by Gasteiger charge is -2.42. The number of rotatable bonds is 3. The molecule has 2 aliphatic rings. The van der Waals surface area contributed by atoms with Gasteiger partial charge < -0.3 is 10.6 Å². The molecule has 150 valence electrons. The smallest absolute Gasteiger partial charge is 0.253 e. The number of hydrogen-bond donors (Lipinski definition) is 1. The average molecular weight is 394 g/mol. The van der Waals surface area contributed by atoms with Gasteiger partial charge in [0.1, 0.15) is 0 Å². The van der Waals surface area contributed by atoms with Crippen LogP contribution in [0.5, 0.6) is 0 Å². The zero-order valence-electron chi connectivity index (χ0n) is 16.6. The van der Waals surface area contributed by atoms with Gasteiger partial charge in [-0.2, -0.15) is 4.31 Å². The van der Waals surface area contributed by atoms with E-state index in [1.54, 1.807) is 34.3 Å². The molecule has 1 unspecified atom stereocenters. The van der Waals surface area contributed by atoms with Crippen molar-refractivity contribution in [3.8, 4) is 0 Å². The Bertz CT molecular complexity index is 814. The minimum absolute atomic E-state index is 0.0645. The van der Waals surface area contributed by atoms with Gasteiger partial charge in [-0.25, -0.2) is 8.42 Å². The minimum atomic E-state index is -3.57. The van der Waals surface area contributed by atoms with Crippen LogP contribution in [0.25, 0.3) is 0 Å². The maximum absolute atomic E-state index is 13.1. The SMILES string of the molecule is Cc1ccc(C(=O)N2CCC(N)C(C)(C)C2)cc1S(=O)(=O)N1CCCCC1.